The second-order valence-corrected chi connectivity index (χ2v) is 12.9. The van der Waals surface area contributed by atoms with Gasteiger partial charge < -0.3 is 29.5 Å². The molecule has 0 aliphatic carbocycles. The van der Waals surface area contributed by atoms with Gasteiger partial charge in [-0.1, -0.05) is 24.3 Å². The molecule has 2 aromatic heterocycles. The normalized spacial score (nSPS) is 10.8. The summed E-state index contributed by atoms with van der Waals surface area (Å²) in [5.41, 5.74) is -3.05. The number of phenolic OH excluding ortho intramolecular Hbond substituents is 3. The summed E-state index contributed by atoms with van der Waals surface area (Å²) >= 11 is 2.67. The lowest BCUT2D eigenvalue weighted by atomic mass is 10.2. The van der Waals surface area contributed by atoms with Crippen LogP contribution in [0.5, 0.6) is 40.2 Å². The number of halogens is 7. The average Bonchev–Trinajstić information content (AvgIpc) is 3.20. The zero-order valence-electron chi connectivity index (χ0n) is 31.4. The Hall–Kier alpha value is -7.52. The fourth-order valence-corrected chi connectivity index (χ4v) is 5.51. The van der Waals surface area contributed by atoms with Crippen LogP contribution in [0.25, 0.3) is 9.69 Å². The Morgan fingerprint density at radius 1 is 0.623 bits per heavy atom. The maximum absolute atomic E-state index is 13.4. The molecule has 0 unspecified atom stereocenters. The van der Waals surface area contributed by atoms with Gasteiger partial charge in [0.15, 0.2) is 22.8 Å². The summed E-state index contributed by atoms with van der Waals surface area (Å²) in [6, 6.07) is 20.4. The van der Waals surface area contributed by atoms with Crippen molar-refractivity contribution in [1.29, 1.82) is 0 Å². The van der Waals surface area contributed by atoms with E-state index in [9.17, 15) is 41.0 Å². The molecule has 6 aromatic rings. The van der Waals surface area contributed by atoms with Crippen LogP contribution in [-0.2, 0) is 25.4 Å². The van der Waals surface area contributed by atoms with Crippen molar-refractivity contribution in [3.05, 3.63) is 168 Å². The molecule has 2 heterocycles. The van der Waals surface area contributed by atoms with Crippen molar-refractivity contribution in [1.82, 2.24) is 19.1 Å². The average molecular weight is 916 g/mol. The summed E-state index contributed by atoms with van der Waals surface area (Å²) in [7, 11) is 3.01. The highest BCUT2D eigenvalue weighted by Crippen LogP contribution is 2.37. The number of ether oxygens (including phenoxy) is 3. The van der Waals surface area contributed by atoms with Crippen LogP contribution in [0.3, 0.4) is 0 Å². The van der Waals surface area contributed by atoms with Gasteiger partial charge in [-0.2, -0.15) is 26.3 Å². The minimum atomic E-state index is -4.95. The highest BCUT2D eigenvalue weighted by Gasteiger charge is 2.39. The van der Waals surface area contributed by atoms with E-state index in [-0.39, 0.29) is 41.7 Å². The zero-order valence-corrected chi connectivity index (χ0v) is 32.9. The van der Waals surface area contributed by atoms with E-state index in [0.717, 1.165) is 45.6 Å². The van der Waals surface area contributed by atoms with E-state index < -0.39 is 50.8 Å². The van der Waals surface area contributed by atoms with Crippen LogP contribution >= 0.6 is 15.9 Å². The van der Waals surface area contributed by atoms with Crippen LogP contribution < -0.4 is 25.3 Å². The number of methoxy groups -OCH3 is 2. The maximum Gasteiger partial charge on any atom is 0.437 e. The lowest BCUT2D eigenvalue weighted by Gasteiger charge is -2.15. The molecule has 0 bridgehead atoms. The van der Waals surface area contributed by atoms with Crippen LogP contribution in [0.4, 0.5) is 37.7 Å². The van der Waals surface area contributed by atoms with Gasteiger partial charge in [-0.05, 0) is 75.6 Å². The van der Waals surface area contributed by atoms with Crippen LogP contribution in [0.1, 0.15) is 22.5 Å². The fourth-order valence-electron chi connectivity index (χ4n) is 4.96. The van der Waals surface area contributed by atoms with E-state index in [1.807, 2.05) is 0 Å². The number of aromatic nitrogens is 4. The number of rotatable bonds is 8. The predicted octanol–water partition coefficient (Wildman–Crippen LogP) is 9.10. The zero-order chi connectivity index (χ0) is 45.1. The fraction of sp³-hybridized carbons (Fsp3) is 0.150. The lowest BCUT2D eigenvalue weighted by Crippen LogP contribution is -2.26. The number of hydrogen-bond acceptors (Lipinski definition) is 10. The van der Waals surface area contributed by atoms with Gasteiger partial charge in [-0.3, -0.25) is 18.7 Å². The van der Waals surface area contributed by atoms with E-state index in [1.54, 1.807) is 48.5 Å². The van der Waals surface area contributed by atoms with Gasteiger partial charge in [0.25, 0.3) is 11.1 Å². The molecule has 0 saturated heterocycles. The highest BCUT2D eigenvalue weighted by atomic mass is 79.9. The molecule has 0 amide bonds. The van der Waals surface area contributed by atoms with Crippen LogP contribution in [0.2, 0.25) is 0 Å². The van der Waals surface area contributed by atoms with E-state index in [0.29, 0.717) is 17.1 Å². The maximum atomic E-state index is 13.4. The Bertz CT molecular complexity index is 2670. The monoisotopic (exact) mass is 914 g/mol. The molecular formula is C40H29BrF6N6O8. The van der Waals surface area contributed by atoms with Gasteiger partial charge in [-0.15, -0.1) is 0 Å². The first-order chi connectivity index (χ1) is 28.8. The van der Waals surface area contributed by atoms with E-state index in [4.69, 9.17) is 37.6 Å². The van der Waals surface area contributed by atoms with Gasteiger partial charge in [0.2, 0.25) is 5.75 Å². The molecule has 0 atom stereocenters. The SMILES string of the molecule is COc1ccc(Cn2cnc(C(F)(F)F)c(Br)c2=O)cc1.[C-]#[N+]c1cc(O)cc(O)c1.[C-]#[N+]c1cc(O)cc(Oc2c(C(F)(F)F)ncn(Cc3ccc(OC)cc3)c2=O)c1. The number of phenols is 3. The molecule has 14 nitrogen and oxygen atoms in total. The van der Waals surface area contributed by atoms with Crippen molar-refractivity contribution >= 4 is 27.3 Å². The van der Waals surface area contributed by atoms with Crippen molar-refractivity contribution in [3.63, 3.8) is 0 Å². The molecule has 0 spiro atoms. The third kappa shape index (κ3) is 12.7. The van der Waals surface area contributed by atoms with E-state index in [1.165, 1.54) is 32.4 Å². The number of benzene rings is 4. The lowest BCUT2D eigenvalue weighted by molar-refractivity contribution is -0.143. The summed E-state index contributed by atoms with van der Waals surface area (Å²) in [5.74, 6) is -0.697. The summed E-state index contributed by atoms with van der Waals surface area (Å²) < 4.78 is 94.7. The first-order valence-electron chi connectivity index (χ1n) is 16.8. The molecule has 316 valence electrons. The van der Waals surface area contributed by atoms with Gasteiger partial charge >= 0.3 is 12.4 Å². The Morgan fingerprint density at radius 3 is 1.46 bits per heavy atom. The molecule has 0 saturated carbocycles. The van der Waals surface area contributed by atoms with Gasteiger partial charge in [0, 0.05) is 12.1 Å². The molecule has 6 rings (SSSR count). The highest BCUT2D eigenvalue weighted by molar-refractivity contribution is 9.10. The first-order valence-corrected chi connectivity index (χ1v) is 17.6. The number of hydrogen-bond donors (Lipinski definition) is 3. The van der Waals surface area contributed by atoms with E-state index >= 15 is 0 Å². The second kappa shape index (κ2) is 20.0. The standard InChI is InChI=1S/C20H14F3N3O4.C13H10BrF3N2O2.C7H5NO2/c1-24-13-7-14(27)9-16(8-13)30-17-18(20(21,22)23)25-11-26(19(17)28)10-12-3-5-15(29-2)6-4-12;1-21-9-4-2-8(3-5-9)6-19-7-18-11(13(15,16)17)10(14)12(19)20;1-8-5-2-6(9)4-7(10)3-5/h3-9,11,27H,10H2,2H3;2-5,7H,6H2,1H3;2-4,9-10H. The largest absolute Gasteiger partial charge is 0.509 e. The summed E-state index contributed by atoms with van der Waals surface area (Å²) in [6.45, 7) is 13.6. The van der Waals surface area contributed by atoms with Crippen LogP contribution in [0, 0.1) is 13.1 Å². The van der Waals surface area contributed by atoms with E-state index in [2.05, 4.69) is 35.6 Å². The Balaban J connectivity index is 0.000000228. The molecule has 21 heteroatoms. The Kier molecular flexibility index (Phi) is 15.1. The van der Waals surface area contributed by atoms with Crippen molar-refractivity contribution < 1.29 is 55.9 Å². The molecule has 0 radical (unpaired) electrons. The van der Waals surface area contributed by atoms with Gasteiger partial charge in [0.05, 0.1) is 53.1 Å². The molecule has 61 heavy (non-hydrogen) atoms. The topological polar surface area (TPSA) is 167 Å². The summed E-state index contributed by atoms with van der Waals surface area (Å²) in [4.78, 5) is 37.5. The Morgan fingerprint density at radius 2 is 1.03 bits per heavy atom. The third-order valence-electron chi connectivity index (χ3n) is 7.78. The molecule has 0 aliphatic heterocycles. The molecular weight excluding hydrogens is 886 g/mol. The van der Waals surface area contributed by atoms with Gasteiger partial charge in [-0.25, -0.2) is 19.7 Å². The van der Waals surface area contributed by atoms with Crippen LogP contribution in [-0.4, -0.2) is 48.6 Å². The molecule has 3 N–H and O–H groups in total. The van der Waals surface area contributed by atoms with Crippen molar-refractivity contribution in [2.24, 2.45) is 0 Å². The number of alkyl halides is 6. The van der Waals surface area contributed by atoms with Crippen molar-refractivity contribution in [2.75, 3.05) is 14.2 Å². The quantitative estimate of drug-likeness (QED) is 0.0990. The minimum absolute atomic E-state index is 0.0579. The molecule has 4 aromatic carbocycles. The predicted molar refractivity (Wildman–Crippen MR) is 209 cm³/mol. The van der Waals surface area contributed by atoms with Crippen LogP contribution in [0.15, 0.2) is 112 Å². The summed E-state index contributed by atoms with van der Waals surface area (Å²) in [5, 5.41) is 27.3. The van der Waals surface area contributed by atoms with Crippen molar-refractivity contribution in [2.45, 2.75) is 25.4 Å². The third-order valence-corrected chi connectivity index (χ3v) is 8.50. The minimum Gasteiger partial charge on any atom is -0.509 e. The summed E-state index contributed by atoms with van der Waals surface area (Å²) in [6.07, 6.45) is -7.94. The number of aromatic hydroxyl groups is 3. The first kappa shape index (κ1) is 46.2. The smallest absolute Gasteiger partial charge is 0.437 e. The molecule has 0 aliphatic rings. The molecule has 0 fully saturated rings. The number of nitrogens with zero attached hydrogens (tertiary/aromatic N) is 6. The van der Waals surface area contributed by atoms with Crippen molar-refractivity contribution in [3.8, 4) is 40.2 Å². The van der Waals surface area contributed by atoms with Gasteiger partial charge in [0.1, 0.15) is 39.0 Å². The second-order valence-electron chi connectivity index (χ2n) is 12.1. The Labute approximate surface area is 349 Å².